The van der Waals surface area contributed by atoms with Gasteiger partial charge < -0.3 is 9.47 Å². The predicted molar refractivity (Wildman–Crippen MR) is 104 cm³/mol. The van der Waals surface area contributed by atoms with Crippen molar-refractivity contribution in [2.24, 2.45) is 0 Å². The quantitative estimate of drug-likeness (QED) is 0.630. The van der Waals surface area contributed by atoms with Gasteiger partial charge >= 0.3 is 0 Å². The molecule has 1 aliphatic rings. The molecule has 5 nitrogen and oxygen atoms in total. The first kappa shape index (κ1) is 17.7. The highest BCUT2D eigenvalue weighted by Gasteiger charge is 2.24. The summed E-state index contributed by atoms with van der Waals surface area (Å²) in [5, 5.41) is 9.09. The number of benzene rings is 2. The molecule has 0 atom stereocenters. The largest absolute Gasteiger partial charge is 0.311 e. The normalized spacial score (nSPS) is 13.0. The van der Waals surface area contributed by atoms with Gasteiger partial charge in [0.15, 0.2) is 11.0 Å². The van der Waals surface area contributed by atoms with Gasteiger partial charge in [0.1, 0.15) is 5.82 Å². The van der Waals surface area contributed by atoms with Crippen LogP contribution in [-0.4, -0.2) is 33.0 Å². The van der Waals surface area contributed by atoms with Crippen molar-refractivity contribution in [1.29, 1.82) is 0 Å². The fraction of sp³-hybridized carbons (Fsp3) is 0.250. The lowest BCUT2D eigenvalue weighted by Crippen LogP contribution is -2.30. The summed E-state index contributed by atoms with van der Waals surface area (Å²) >= 11 is 1.37. The lowest BCUT2D eigenvalue weighted by atomic mass is 10.2. The van der Waals surface area contributed by atoms with E-state index in [0.717, 1.165) is 12.1 Å². The maximum absolute atomic E-state index is 13.5. The van der Waals surface area contributed by atoms with Crippen molar-refractivity contribution in [1.82, 2.24) is 14.8 Å². The summed E-state index contributed by atoms with van der Waals surface area (Å²) in [6.45, 7) is 3.34. The topological polar surface area (TPSA) is 51.0 Å². The number of thioether (sulfide) groups is 1. The van der Waals surface area contributed by atoms with Gasteiger partial charge in [-0.3, -0.25) is 4.79 Å². The molecule has 0 saturated heterocycles. The smallest absolute Gasteiger partial charge is 0.237 e. The SMILES string of the molecule is CCn1c(SCC(=O)N2CCc3ccccc32)nnc1-c1cccc(F)c1. The number of amides is 1. The summed E-state index contributed by atoms with van der Waals surface area (Å²) in [7, 11) is 0. The van der Waals surface area contributed by atoms with E-state index in [0.29, 0.717) is 29.6 Å². The van der Waals surface area contributed by atoms with Crippen molar-refractivity contribution < 1.29 is 9.18 Å². The Kier molecular flexibility index (Phi) is 4.94. The number of carbonyl (C=O) groups excluding carboxylic acids is 1. The number of halogens is 1. The molecule has 0 N–H and O–H groups in total. The predicted octanol–water partition coefficient (Wildman–Crippen LogP) is 3.79. The van der Waals surface area contributed by atoms with Crippen molar-refractivity contribution in [2.75, 3.05) is 17.2 Å². The molecule has 4 rings (SSSR count). The van der Waals surface area contributed by atoms with Crippen molar-refractivity contribution in [3.05, 3.63) is 59.9 Å². The maximum Gasteiger partial charge on any atom is 0.237 e. The Morgan fingerprint density at radius 1 is 1.19 bits per heavy atom. The number of fused-ring (bicyclic) bond motifs is 1. The van der Waals surface area contributed by atoms with E-state index in [9.17, 15) is 9.18 Å². The molecule has 27 heavy (non-hydrogen) atoms. The van der Waals surface area contributed by atoms with Gasteiger partial charge in [0, 0.05) is 24.3 Å². The van der Waals surface area contributed by atoms with Crippen molar-refractivity contribution >= 4 is 23.4 Å². The Labute approximate surface area is 161 Å². The van der Waals surface area contributed by atoms with Crippen LogP contribution in [0.5, 0.6) is 0 Å². The van der Waals surface area contributed by atoms with Gasteiger partial charge in [-0.05, 0) is 37.1 Å². The van der Waals surface area contributed by atoms with Gasteiger partial charge in [0.25, 0.3) is 0 Å². The molecule has 0 saturated carbocycles. The number of carbonyl (C=O) groups is 1. The molecule has 138 valence electrons. The number of aromatic nitrogens is 3. The highest BCUT2D eigenvalue weighted by molar-refractivity contribution is 7.99. The molecule has 1 aromatic heterocycles. The Morgan fingerprint density at radius 3 is 2.85 bits per heavy atom. The number of anilines is 1. The molecule has 1 amide bonds. The monoisotopic (exact) mass is 382 g/mol. The third-order valence-corrected chi connectivity index (χ3v) is 5.58. The molecule has 2 aromatic carbocycles. The molecule has 0 unspecified atom stereocenters. The van der Waals surface area contributed by atoms with Crippen LogP contribution in [0.4, 0.5) is 10.1 Å². The minimum atomic E-state index is -0.310. The Bertz CT molecular complexity index is 988. The average Bonchev–Trinajstić information content (AvgIpc) is 3.30. The molecule has 2 heterocycles. The summed E-state index contributed by atoms with van der Waals surface area (Å²) < 4.78 is 15.4. The highest BCUT2D eigenvalue weighted by atomic mass is 32.2. The van der Waals surface area contributed by atoms with Gasteiger partial charge in [0.2, 0.25) is 5.91 Å². The van der Waals surface area contributed by atoms with Crippen LogP contribution >= 0.6 is 11.8 Å². The molecule has 0 aliphatic carbocycles. The van der Waals surface area contributed by atoms with Crippen LogP contribution in [0, 0.1) is 5.82 Å². The Balaban J connectivity index is 1.50. The average molecular weight is 382 g/mol. The minimum Gasteiger partial charge on any atom is -0.311 e. The van der Waals surface area contributed by atoms with Gasteiger partial charge in [-0.1, -0.05) is 42.1 Å². The van der Waals surface area contributed by atoms with E-state index in [1.165, 1.54) is 29.5 Å². The lowest BCUT2D eigenvalue weighted by molar-refractivity contribution is -0.116. The van der Waals surface area contributed by atoms with Crippen LogP contribution in [0.25, 0.3) is 11.4 Å². The summed E-state index contributed by atoms with van der Waals surface area (Å²) in [6, 6.07) is 14.3. The van der Waals surface area contributed by atoms with Crippen LogP contribution in [0.2, 0.25) is 0 Å². The van der Waals surface area contributed by atoms with Gasteiger partial charge in [-0.15, -0.1) is 10.2 Å². The van der Waals surface area contributed by atoms with E-state index >= 15 is 0 Å². The van der Waals surface area contributed by atoms with Crippen LogP contribution in [0.3, 0.4) is 0 Å². The van der Waals surface area contributed by atoms with E-state index in [4.69, 9.17) is 0 Å². The molecule has 7 heteroatoms. The van der Waals surface area contributed by atoms with Crippen molar-refractivity contribution in [2.45, 2.75) is 25.0 Å². The van der Waals surface area contributed by atoms with E-state index in [1.807, 2.05) is 34.6 Å². The number of nitrogens with zero attached hydrogens (tertiary/aromatic N) is 4. The molecule has 0 bridgehead atoms. The van der Waals surface area contributed by atoms with Gasteiger partial charge in [-0.25, -0.2) is 4.39 Å². The maximum atomic E-state index is 13.5. The van der Waals surface area contributed by atoms with E-state index in [2.05, 4.69) is 16.3 Å². The van der Waals surface area contributed by atoms with E-state index in [1.54, 1.807) is 12.1 Å². The van der Waals surface area contributed by atoms with Crippen LogP contribution in [-0.2, 0) is 17.8 Å². The van der Waals surface area contributed by atoms with Crippen LogP contribution in [0.15, 0.2) is 53.7 Å². The van der Waals surface area contributed by atoms with Crippen molar-refractivity contribution in [3.8, 4) is 11.4 Å². The molecule has 0 spiro atoms. The second-order valence-electron chi connectivity index (χ2n) is 6.27. The van der Waals surface area contributed by atoms with Crippen molar-refractivity contribution in [3.63, 3.8) is 0 Å². The summed E-state index contributed by atoms with van der Waals surface area (Å²) in [4.78, 5) is 14.5. The number of rotatable bonds is 5. The Morgan fingerprint density at radius 2 is 2.04 bits per heavy atom. The molecule has 3 aromatic rings. The minimum absolute atomic E-state index is 0.0582. The summed E-state index contributed by atoms with van der Waals surface area (Å²) in [6.07, 6.45) is 0.890. The van der Waals surface area contributed by atoms with E-state index < -0.39 is 0 Å². The van der Waals surface area contributed by atoms with Crippen LogP contribution < -0.4 is 4.90 Å². The summed E-state index contributed by atoms with van der Waals surface area (Å²) in [5.74, 6) is 0.645. The second-order valence-corrected chi connectivity index (χ2v) is 7.22. The first-order chi connectivity index (χ1) is 13.2. The molecule has 1 aliphatic heterocycles. The summed E-state index contributed by atoms with van der Waals surface area (Å²) in [5.41, 5.74) is 2.89. The third kappa shape index (κ3) is 3.47. The standard InChI is InChI=1S/C20H19FN4OS/c1-2-24-19(15-7-5-8-16(21)12-15)22-23-20(24)27-13-18(26)25-11-10-14-6-3-4-9-17(14)25/h3-9,12H,2,10-11,13H2,1H3. The highest BCUT2D eigenvalue weighted by Crippen LogP contribution is 2.29. The zero-order chi connectivity index (χ0) is 18.8. The zero-order valence-electron chi connectivity index (χ0n) is 14.9. The fourth-order valence-corrected chi connectivity index (χ4v) is 4.20. The van der Waals surface area contributed by atoms with Gasteiger partial charge in [-0.2, -0.15) is 0 Å². The van der Waals surface area contributed by atoms with Crippen LogP contribution in [0.1, 0.15) is 12.5 Å². The first-order valence-corrected chi connectivity index (χ1v) is 9.86. The fourth-order valence-electron chi connectivity index (χ4n) is 3.32. The molecular weight excluding hydrogens is 363 g/mol. The molecule has 0 fully saturated rings. The second kappa shape index (κ2) is 7.52. The molecular formula is C20H19FN4OS. The lowest BCUT2D eigenvalue weighted by Gasteiger charge is -2.17. The van der Waals surface area contributed by atoms with E-state index in [-0.39, 0.29) is 17.5 Å². The third-order valence-electron chi connectivity index (χ3n) is 4.63. The number of hydrogen-bond acceptors (Lipinski definition) is 4. The number of para-hydroxylation sites is 1. The zero-order valence-corrected chi connectivity index (χ0v) is 15.7. The number of hydrogen-bond donors (Lipinski definition) is 0. The Hall–Kier alpha value is -2.67. The molecule has 0 radical (unpaired) electrons. The first-order valence-electron chi connectivity index (χ1n) is 8.87. The van der Waals surface area contributed by atoms with Gasteiger partial charge in [0.05, 0.1) is 5.75 Å².